The number of hydrogen-bond donors (Lipinski definition) is 1. The molecule has 0 fully saturated rings. The summed E-state index contributed by atoms with van der Waals surface area (Å²) in [5.74, 6) is -0.872. The van der Waals surface area contributed by atoms with Gasteiger partial charge in [-0.3, -0.25) is 13.9 Å². The number of fused-ring (bicyclic) bond motifs is 1. The van der Waals surface area contributed by atoms with Gasteiger partial charge in [0.1, 0.15) is 5.70 Å². The first kappa shape index (κ1) is 21.5. The first-order valence-electron chi connectivity index (χ1n) is 10.2. The molecule has 7 heteroatoms. The number of benzene rings is 3. The van der Waals surface area contributed by atoms with Gasteiger partial charge in [-0.25, -0.2) is 8.42 Å². The third-order valence-electron chi connectivity index (χ3n) is 5.20. The number of ketones is 2. The van der Waals surface area contributed by atoms with E-state index in [1.807, 2.05) is 6.92 Å². The zero-order valence-corrected chi connectivity index (χ0v) is 18.3. The van der Waals surface area contributed by atoms with Crippen molar-refractivity contribution in [3.63, 3.8) is 0 Å². The van der Waals surface area contributed by atoms with Gasteiger partial charge in [0, 0.05) is 23.2 Å². The molecule has 0 unspecified atom stereocenters. The fourth-order valence-corrected chi connectivity index (χ4v) is 5.35. The molecule has 162 valence electrons. The summed E-state index contributed by atoms with van der Waals surface area (Å²) in [6.45, 7) is 1.85. The van der Waals surface area contributed by atoms with Gasteiger partial charge in [-0.1, -0.05) is 78.9 Å². The summed E-state index contributed by atoms with van der Waals surface area (Å²) in [6, 6.07) is 23.4. The van der Waals surface area contributed by atoms with E-state index in [1.54, 1.807) is 78.9 Å². The molecule has 0 saturated carbocycles. The highest BCUT2D eigenvalue weighted by Crippen LogP contribution is 2.37. The first-order valence-corrected chi connectivity index (χ1v) is 11.7. The third-order valence-corrected chi connectivity index (χ3v) is 7.00. The lowest BCUT2D eigenvalue weighted by atomic mass is 10.0. The maximum atomic E-state index is 13.6. The molecule has 3 aromatic carbocycles. The predicted molar refractivity (Wildman–Crippen MR) is 122 cm³/mol. The largest absolute Gasteiger partial charge is 0.383 e. The number of carbonyl (C=O) groups is 2. The summed E-state index contributed by atoms with van der Waals surface area (Å²) >= 11 is 0. The van der Waals surface area contributed by atoms with Crippen LogP contribution in [-0.2, 0) is 10.0 Å². The summed E-state index contributed by atoms with van der Waals surface area (Å²) in [7, 11) is -4.15. The lowest BCUT2D eigenvalue weighted by Gasteiger charge is -2.33. The lowest BCUT2D eigenvalue weighted by molar-refractivity contribution is 0.0958. The number of nitrogens with one attached hydrogen (secondary N) is 1. The van der Waals surface area contributed by atoms with E-state index in [0.717, 1.165) is 4.31 Å². The van der Waals surface area contributed by atoms with Gasteiger partial charge >= 0.3 is 0 Å². The van der Waals surface area contributed by atoms with Crippen LogP contribution in [0, 0.1) is 0 Å². The van der Waals surface area contributed by atoms with Crippen molar-refractivity contribution in [1.29, 1.82) is 0 Å². The highest BCUT2D eigenvalue weighted by Gasteiger charge is 2.40. The van der Waals surface area contributed by atoms with Gasteiger partial charge in [0.25, 0.3) is 10.0 Å². The van der Waals surface area contributed by atoms with Crippen molar-refractivity contribution in [3.05, 3.63) is 107 Å². The molecular weight excluding hydrogens is 424 g/mol. The molecular formula is C25H22N2O4S. The number of carbonyl (C=O) groups excluding carboxylic acids is 2. The second-order valence-corrected chi connectivity index (χ2v) is 9.08. The Labute approximate surface area is 187 Å². The molecule has 0 saturated heterocycles. The van der Waals surface area contributed by atoms with Gasteiger partial charge in [-0.05, 0) is 13.0 Å². The van der Waals surface area contributed by atoms with Crippen LogP contribution in [0.3, 0.4) is 0 Å². The number of sulfonamides is 1. The minimum atomic E-state index is -4.15. The highest BCUT2D eigenvalue weighted by atomic mass is 32.2. The summed E-state index contributed by atoms with van der Waals surface area (Å²) in [4.78, 5) is 26.7. The molecule has 4 rings (SSSR count). The minimum Gasteiger partial charge on any atom is -0.383 e. The van der Waals surface area contributed by atoms with Gasteiger partial charge in [0.05, 0.1) is 17.1 Å². The molecule has 32 heavy (non-hydrogen) atoms. The lowest BCUT2D eigenvalue weighted by Crippen LogP contribution is -2.43. The number of rotatable bonds is 7. The normalized spacial score (nSPS) is 14.6. The maximum absolute atomic E-state index is 13.6. The Kier molecular flexibility index (Phi) is 5.92. The summed E-state index contributed by atoms with van der Waals surface area (Å²) < 4.78 is 28.2. The van der Waals surface area contributed by atoms with E-state index in [-0.39, 0.29) is 10.6 Å². The van der Waals surface area contributed by atoms with E-state index < -0.39 is 28.1 Å². The van der Waals surface area contributed by atoms with Crippen molar-refractivity contribution < 1.29 is 18.0 Å². The molecule has 0 amide bonds. The molecule has 0 radical (unpaired) electrons. The molecule has 0 aromatic heterocycles. The van der Waals surface area contributed by atoms with Crippen molar-refractivity contribution in [2.45, 2.75) is 11.8 Å². The van der Waals surface area contributed by atoms with Crippen LogP contribution in [0.2, 0.25) is 0 Å². The van der Waals surface area contributed by atoms with E-state index in [4.69, 9.17) is 0 Å². The Morgan fingerprint density at radius 1 is 0.812 bits per heavy atom. The van der Waals surface area contributed by atoms with Crippen LogP contribution >= 0.6 is 0 Å². The van der Waals surface area contributed by atoms with Crippen LogP contribution in [0.5, 0.6) is 0 Å². The van der Waals surface area contributed by atoms with Gasteiger partial charge in [0.15, 0.2) is 5.78 Å². The van der Waals surface area contributed by atoms with Crippen molar-refractivity contribution in [2.75, 3.05) is 13.1 Å². The SMILES string of the molecule is CCNC1=C(C(=O)c2ccccc2)N(CC(=O)c2ccccc2)S(=O)(=O)c2ccccc21. The van der Waals surface area contributed by atoms with E-state index in [0.29, 0.717) is 28.9 Å². The van der Waals surface area contributed by atoms with E-state index in [2.05, 4.69) is 5.32 Å². The molecule has 1 N–H and O–H groups in total. The van der Waals surface area contributed by atoms with Gasteiger partial charge < -0.3 is 5.32 Å². The topological polar surface area (TPSA) is 83.6 Å². The van der Waals surface area contributed by atoms with Crippen LogP contribution < -0.4 is 5.32 Å². The average molecular weight is 447 g/mol. The Balaban J connectivity index is 1.93. The molecule has 6 nitrogen and oxygen atoms in total. The number of Topliss-reactive ketones (excluding diaryl/α,β-unsaturated/α-hetero) is 2. The second-order valence-electron chi connectivity index (χ2n) is 7.25. The number of hydrogen-bond acceptors (Lipinski definition) is 5. The standard InChI is InChI=1S/C25H22N2O4S/c1-2-26-23-20-15-9-10-16-22(20)32(30,31)27(17-21(28)18-11-5-3-6-12-18)24(23)25(29)19-13-7-4-8-14-19/h3-16,26H,2,17H2,1H3. The molecule has 3 aromatic rings. The summed E-state index contributed by atoms with van der Waals surface area (Å²) in [5, 5.41) is 3.16. The van der Waals surface area contributed by atoms with Crippen LogP contribution in [0.25, 0.3) is 5.70 Å². The van der Waals surface area contributed by atoms with Crippen molar-refractivity contribution in [3.8, 4) is 0 Å². The van der Waals surface area contributed by atoms with Crippen molar-refractivity contribution in [2.24, 2.45) is 0 Å². The van der Waals surface area contributed by atoms with Crippen molar-refractivity contribution in [1.82, 2.24) is 9.62 Å². The monoisotopic (exact) mass is 446 g/mol. The molecule has 0 bridgehead atoms. The molecule has 1 aliphatic heterocycles. The van der Waals surface area contributed by atoms with Crippen LogP contribution in [0.1, 0.15) is 33.2 Å². The molecule has 0 atom stereocenters. The number of nitrogens with zero attached hydrogens (tertiary/aromatic N) is 1. The zero-order chi connectivity index (χ0) is 22.7. The molecule has 0 aliphatic carbocycles. The smallest absolute Gasteiger partial charge is 0.265 e. The van der Waals surface area contributed by atoms with Gasteiger partial charge in [-0.15, -0.1) is 0 Å². The summed E-state index contributed by atoms with van der Waals surface area (Å²) in [6.07, 6.45) is 0. The molecule has 0 spiro atoms. The van der Waals surface area contributed by atoms with Crippen LogP contribution in [-0.4, -0.2) is 37.4 Å². The summed E-state index contributed by atoms with van der Waals surface area (Å²) in [5.41, 5.74) is 1.47. The fourth-order valence-electron chi connectivity index (χ4n) is 3.71. The number of allylic oxidation sites excluding steroid dienone is 1. The quantitative estimate of drug-likeness (QED) is 0.559. The fraction of sp³-hybridized carbons (Fsp3) is 0.120. The Morgan fingerprint density at radius 2 is 1.38 bits per heavy atom. The Morgan fingerprint density at radius 3 is 2.00 bits per heavy atom. The maximum Gasteiger partial charge on any atom is 0.265 e. The Bertz CT molecular complexity index is 1300. The van der Waals surface area contributed by atoms with Crippen LogP contribution in [0.15, 0.2) is 95.5 Å². The Hall–Kier alpha value is -3.71. The van der Waals surface area contributed by atoms with Gasteiger partial charge in [0.2, 0.25) is 5.78 Å². The highest BCUT2D eigenvalue weighted by molar-refractivity contribution is 7.89. The van der Waals surface area contributed by atoms with Gasteiger partial charge in [-0.2, -0.15) is 0 Å². The zero-order valence-electron chi connectivity index (χ0n) is 17.5. The van der Waals surface area contributed by atoms with Crippen LogP contribution in [0.4, 0.5) is 0 Å². The predicted octanol–water partition coefficient (Wildman–Crippen LogP) is 3.73. The average Bonchev–Trinajstić information content (AvgIpc) is 2.83. The molecule has 1 aliphatic rings. The van der Waals surface area contributed by atoms with E-state index in [1.165, 1.54) is 6.07 Å². The third kappa shape index (κ3) is 3.83. The second kappa shape index (κ2) is 8.80. The first-order chi connectivity index (χ1) is 15.4. The minimum absolute atomic E-state index is 0.0546. The van der Waals surface area contributed by atoms with Crippen molar-refractivity contribution >= 4 is 27.3 Å². The molecule has 1 heterocycles. The van der Waals surface area contributed by atoms with E-state index in [9.17, 15) is 18.0 Å². The van der Waals surface area contributed by atoms with E-state index >= 15 is 0 Å².